The number of halogens is 1. The molecule has 0 amide bonds. The molecule has 0 N–H and O–H groups in total. The van der Waals surface area contributed by atoms with Crippen molar-refractivity contribution in [3.63, 3.8) is 0 Å². The summed E-state index contributed by atoms with van der Waals surface area (Å²) in [6, 6.07) is 8.63. The Bertz CT molecular complexity index is 511. The molecule has 0 saturated carbocycles. The second-order valence-corrected chi connectivity index (χ2v) is 4.60. The number of hydrogen-bond acceptors (Lipinski definition) is 0. The first-order valence-electron chi connectivity index (χ1n) is 4.69. The molecule has 2 aromatic rings. The Morgan fingerprint density at radius 2 is 2.07 bits per heavy atom. The Labute approximate surface area is 91.5 Å². The molecule has 0 spiro atoms. The number of aromatic nitrogens is 1. The van der Waals surface area contributed by atoms with Crippen molar-refractivity contribution in [2.45, 2.75) is 6.42 Å². The molecule has 1 aliphatic rings. The predicted octanol–water partition coefficient (Wildman–Crippen LogP) is 3.36. The van der Waals surface area contributed by atoms with Gasteiger partial charge >= 0.3 is 0 Å². The summed E-state index contributed by atoms with van der Waals surface area (Å²) >= 11 is 3.61. The van der Waals surface area contributed by atoms with E-state index in [-0.39, 0.29) is 0 Å². The number of hydrogen-bond donors (Lipinski definition) is 0. The highest BCUT2D eigenvalue weighted by Gasteiger charge is 2.23. The highest BCUT2D eigenvalue weighted by molar-refractivity contribution is 9.10. The van der Waals surface area contributed by atoms with E-state index in [1.807, 2.05) is 0 Å². The zero-order chi connectivity index (χ0) is 9.71. The molecule has 3 rings (SSSR count). The Morgan fingerprint density at radius 1 is 1.29 bits per heavy atom. The van der Waals surface area contributed by atoms with E-state index < -0.39 is 0 Å². The van der Waals surface area contributed by atoms with Crippen LogP contribution in [0.3, 0.4) is 0 Å². The molecule has 70 valence electrons. The number of rotatable bonds is 0. The first-order chi connectivity index (χ1) is 6.77. The molecular weight excluding hydrogens is 238 g/mol. The summed E-state index contributed by atoms with van der Waals surface area (Å²) in [5.74, 6) is 0. The Morgan fingerprint density at radius 3 is 2.93 bits per heavy atom. The van der Waals surface area contributed by atoms with E-state index in [1.54, 1.807) is 0 Å². The van der Waals surface area contributed by atoms with Gasteiger partial charge < -0.3 is 4.57 Å². The lowest BCUT2D eigenvalue weighted by molar-refractivity contribution is 0.936. The smallest absolute Gasteiger partial charge is 0.0528 e. The molecule has 1 aromatic heterocycles. The van der Waals surface area contributed by atoms with Crippen LogP contribution in [0.25, 0.3) is 11.3 Å². The third-order valence-corrected chi connectivity index (χ3v) is 3.56. The number of nitrogens with zero attached hydrogens (tertiary/aromatic N) is 1. The van der Waals surface area contributed by atoms with Crippen molar-refractivity contribution in [1.29, 1.82) is 0 Å². The molecule has 2 heteroatoms. The van der Waals surface area contributed by atoms with Crippen LogP contribution < -0.4 is 0 Å². The molecule has 1 nitrogen and oxygen atoms in total. The molecule has 1 aliphatic carbocycles. The average Bonchev–Trinajstić information content (AvgIpc) is 2.66. The van der Waals surface area contributed by atoms with Crippen molar-refractivity contribution < 1.29 is 0 Å². The first kappa shape index (κ1) is 8.30. The Kier molecular flexibility index (Phi) is 1.62. The minimum absolute atomic E-state index is 1.06. The topological polar surface area (TPSA) is 4.93 Å². The fourth-order valence-corrected chi connectivity index (χ4v) is 2.89. The molecule has 0 unspecified atom stereocenters. The van der Waals surface area contributed by atoms with Crippen LogP contribution in [-0.4, -0.2) is 4.57 Å². The largest absolute Gasteiger partial charge is 0.349 e. The van der Waals surface area contributed by atoms with Crippen molar-refractivity contribution in [3.8, 4) is 11.3 Å². The van der Waals surface area contributed by atoms with Gasteiger partial charge in [0.25, 0.3) is 0 Å². The molecule has 0 aliphatic heterocycles. The zero-order valence-corrected chi connectivity index (χ0v) is 9.51. The molecule has 0 fully saturated rings. The Balaban J connectivity index is 2.35. The van der Waals surface area contributed by atoms with Gasteiger partial charge in [0.1, 0.15) is 0 Å². The van der Waals surface area contributed by atoms with Crippen LogP contribution in [-0.2, 0) is 13.5 Å². The van der Waals surface area contributed by atoms with Gasteiger partial charge in [-0.2, -0.15) is 0 Å². The van der Waals surface area contributed by atoms with Gasteiger partial charge in [-0.3, -0.25) is 0 Å². The lowest BCUT2D eigenvalue weighted by Gasteiger charge is -2.01. The summed E-state index contributed by atoms with van der Waals surface area (Å²) in [4.78, 5) is 0. The van der Waals surface area contributed by atoms with Crippen LogP contribution in [0.5, 0.6) is 0 Å². The van der Waals surface area contributed by atoms with Crippen LogP contribution in [0.4, 0.5) is 0 Å². The molecule has 1 aromatic carbocycles. The van der Waals surface area contributed by atoms with Crippen LogP contribution in [0, 0.1) is 0 Å². The van der Waals surface area contributed by atoms with Crippen molar-refractivity contribution >= 4 is 15.9 Å². The maximum atomic E-state index is 3.61. The van der Waals surface area contributed by atoms with E-state index in [1.165, 1.54) is 26.9 Å². The van der Waals surface area contributed by atoms with E-state index in [9.17, 15) is 0 Å². The quantitative estimate of drug-likeness (QED) is 0.575. The SMILES string of the molecule is Cn1cc(Br)c2c1-c1ccccc1C2. The summed E-state index contributed by atoms with van der Waals surface area (Å²) in [5.41, 5.74) is 5.62. The van der Waals surface area contributed by atoms with E-state index in [0.717, 1.165) is 6.42 Å². The van der Waals surface area contributed by atoms with Crippen LogP contribution in [0.15, 0.2) is 34.9 Å². The van der Waals surface area contributed by atoms with Gasteiger partial charge in [0.2, 0.25) is 0 Å². The lowest BCUT2D eigenvalue weighted by Crippen LogP contribution is -1.88. The van der Waals surface area contributed by atoms with Crippen molar-refractivity contribution in [2.24, 2.45) is 7.05 Å². The van der Waals surface area contributed by atoms with Crippen molar-refractivity contribution in [2.75, 3.05) is 0 Å². The highest BCUT2D eigenvalue weighted by atomic mass is 79.9. The monoisotopic (exact) mass is 247 g/mol. The van der Waals surface area contributed by atoms with Crippen molar-refractivity contribution in [3.05, 3.63) is 46.1 Å². The van der Waals surface area contributed by atoms with Crippen molar-refractivity contribution in [1.82, 2.24) is 4.57 Å². The Hall–Kier alpha value is -1.02. The molecule has 0 bridgehead atoms. The van der Waals surface area contributed by atoms with E-state index in [4.69, 9.17) is 0 Å². The van der Waals surface area contributed by atoms with Crippen LogP contribution in [0.1, 0.15) is 11.1 Å². The van der Waals surface area contributed by atoms with Gasteiger partial charge in [0.05, 0.1) is 5.69 Å². The summed E-state index contributed by atoms with van der Waals surface area (Å²) in [6.07, 6.45) is 3.20. The minimum Gasteiger partial charge on any atom is -0.349 e. The standard InChI is InChI=1S/C12H10BrN/c1-14-7-11(13)10-6-8-4-2-3-5-9(8)12(10)14/h2-5,7H,6H2,1H3. The number of aryl methyl sites for hydroxylation is 1. The van der Waals surface area contributed by atoms with Gasteiger partial charge in [0, 0.05) is 29.7 Å². The highest BCUT2D eigenvalue weighted by Crippen LogP contribution is 2.40. The summed E-state index contributed by atoms with van der Waals surface area (Å²) in [5, 5.41) is 0. The molecular formula is C12H10BrN. The van der Waals surface area contributed by atoms with Crippen LogP contribution in [0.2, 0.25) is 0 Å². The normalized spacial score (nSPS) is 12.7. The maximum absolute atomic E-state index is 3.61. The molecule has 14 heavy (non-hydrogen) atoms. The molecule has 0 radical (unpaired) electrons. The average molecular weight is 248 g/mol. The van der Waals surface area contributed by atoms with Gasteiger partial charge in [-0.05, 0) is 27.1 Å². The number of fused-ring (bicyclic) bond motifs is 3. The fourth-order valence-electron chi connectivity index (χ4n) is 2.26. The third kappa shape index (κ3) is 0.947. The van der Waals surface area contributed by atoms with Gasteiger partial charge in [-0.25, -0.2) is 0 Å². The van der Waals surface area contributed by atoms with E-state index >= 15 is 0 Å². The third-order valence-electron chi connectivity index (χ3n) is 2.87. The van der Waals surface area contributed by atoms with E-state index in [0.29, 0.717) is 0 Å². The maximum Gasteiger partial charge on any atom is 0.0528 e. The summed E-state index contributed by atoms with van der Waals surface area (Å²) in [6.45, 7) is 0. The molecule has 1 heterocycles. The fraction of sp³-hybridized carbons (Fsp3) is 0.167. The zero-order valence-electron chi connectivity index (χ0n) is 7.92. The van der Waals surface area contributed by atoms with Gasteiger partial charge in [0.15, 0.2) is 0 Å². The van der Waals surface area contributed by atoms with Gasteiger partial charge in [-0.15, -0.1) is 0 Å². The molecule has 0 saturated heterocycles. The first-order valence-corrected chi connectivity index (χ1v) is 5.48. The lowest BCUT2D eigenvalue weighted by atomic mass is 10.1. The number of benzene rings is 1. The van der Waals surface area contributed by atoms with Gasteiger partial charge in [-0.1, -0.05) is 24.3 Å². The minimum atomic E-state index is 1.06. The second kappa shape index (κ2) is 2.74. The second-order valence-electron chi connectivity index (χ2n) is 3.75. The summed E-state index contributed by atoms with van der Waals surface area (Å²) < 4.78 is 3.43. The summed E-state index contributed by atoms with van der Waals surface area (Å²) in [7, 11) is 2.10. The van der Waals surface area contributed by atoms with Crippen LogP contribution >= 0.6 is 15.9 Å². The van der Waals surface area contributed by atoms with E-state index in [2.05, 4.69) is 58.0 Å². The predicted molar refractivity (Wildman–Crippen MR) is 61.4 cm³/mol. The molecule has 0 atom stereocenters.